The van der Waals surface area contributed by atoms with E-state index in [1.54, 1.807) is 18.3 Å². The first-order valence-electron chi connectivity index (χ1n) is 9.12. The van der Waals surface area contributed by atoms with Crippen LogP contribution in [0.3, 0.4) is 0 Å². The number of carbonyl (C=O) groups is 1. The highest BCUT2D eigenvalue weighted by Crippen LogP contribution is 2.29. The average molecular weight is 412 g/mol. The van der Waals surface area contributed by atoms with Gasteiger partial charge in [0.1, 0.15) is 11.6 Å². The lowest BCUT2D eigenvalue weighted by molar-refractivity contribution is -0.384. The number of non-ortho nitro benzene ring substituents is 1. The summed E-state index contributed by atoms with van der Waals surface area (Å²) in [4.78, 5) is 22.8. The van der Waals surface area contributed by atoms with E-state index in [4.69, 9.17) is 9.47 Å². The Kier molecular flexibility index (Phi) is 5.40. The van der Waals surface area contributed by atoms with Gasteiger partial charge in [0.2, 0.25) is 0 Å². The van der Waals surface area contributed by atoms with E-state index in [0.29, 0.717) is 29.0 Å². The van der Waals surface area contributed by atoms with E-state index in [1.807, 2.05) is 0 Å². The molecule has 1 amide bonds. The van der Waals surface area contributed by atoms with Crippen molar-refractivity contribution < 1.29 is 23.6 Å². The molecule has 9 nitrogen and oxygen atoms in total. The van der Waals surface area contributed by atoms with Gasteiger partial charge in [-0.15, -0.1) is 0 Å². The van der Waals surface area contributed by atoms with Gasteiger partial charge in [-0.25, -0.2) is 9.07 Å². The largest absolute Gasteiger partial charge is 0.467 e. The van der Waals surface area contributed by atoms with Gasteiger partial charge in [0.05, 0.1) is 17.2 Å². The van der Waals surface area contributed by atoms with Crippen LogP contribution in [0.4, 0.5) is 10.1 Å². The fraction of sp³-hybridized carbons (Fsp3) is 0.200. The molecule has 0 radical (unpaired) electrons. The number of halogens is 1. The van der Waals surface area contributed by atoms with Crippen LogP contribution in [0.5, 0.6) is 5.75 Å². The van der Waals surface area contributed by atoms with Crippen molar-refractivity contribution in [1.29, 1.82) is 0 Å². The number of benzene rings is 2. The van der Waals surface area contributed by atoms with Gasteiger partial charge in [-0.2, -0.15) is 5.10 Å². The molecule has 0 spiro atoms. The number of fused-ring (bicyclic) bond motifs is 1. The van der Waals surface area contributed by atoms with E-state index < -0.39 is 10.8 Å². The quantitative estimate of drug-likeness (QED) is 0.493. The van der Waals surface area contributed by atoms with Gasteiger partial charge in [-0.1, -0.05) is 6.07 Å². The number of amides is 1. The van der Waals surface area contributed by atoms with Crippen LogP contribution in [0.25, 0.3) is 5.69 Å². The monoisotopic (exact) mass is 412 g/mol. The summed E-state index contributed by atoms with van der Waals surface area (Å²) >= 11 is 0. The van der Waals surface area contributed by atoms with Gasteiger partial charge in [-0.3, -0.25) is 14.9 Å². The zero-order valence-corrected chi connectivity index (χ0v) is 15.7. The maximum absolute atomic E-state index is 13.8. The molecule has 154 valence electrons. The van der Waals surface area contributed by atoms with Crippen molar-refractivity contribution >= 4 is 11.6 Å². The molecule has 4 rings (SSSR count). The molecule has 3 aromatic rings. The van der Waals surface area contributed by atoms with Crippen LogP contribution in [0.2, 0.25) is 0 Å². The number of ether oxygens (including phenoxy) is 2. The number of nitrogens with zero attached hydrogens (tertiary/aromatic N) is 3. The number of nitrogens with one attached hydrogen (secondary N) is 1. The molecule has 0 bridgehead atoms. The lowest BCUT2D eigenvalue weighted by atomic mass is 10.1. The number of nitro benzene ring substituents is 1. The third-order valence-corrected chi connectivity index (χ3v) is 4.56. The van der Waals surface area contributed by atoms with Crippen molar-refractivity contribution in [2.75, 3.05) is 13.3 Å². The minimum Gasteiger partial charge on any atom is -0.467 e. The van der Waals surface area contributed by atoms with Gasteiger partial charge in [-0.05, 0) is 36.2 Å². The Morgan fingerprint density at radius 3 is 3.00 bits per heavy atom. The summed E-state index contributed by atoms with van der Waals surface area (Å²) in [6, 6.07) is 10.2. The van der Waals surface area contributed by atoms with Crippen LogP contribution in [0.15, 0.2) is 48.7 Å². The minimum atomic E-state index is -0.498. The number of aromatic nitrogens is 2. The molecule has 0 unspecified atom stereocenters. The first kappa shape index (κ1) is 19.5. The predicted molar refractivity (Wildman–Crippen MR) is 103 cm³/mol. The maximum atomic E-state index is 13.8. The molecular formula is C20H17FN4O5. The van der Waals surface area contributed by atoms with E-state index in [0.717, 1.165) is 0 Å². The molecule has 1 aliphatic rings. The van der Waals surface area contributed by atoms with Crippen molar-refractivity contribution in [1.82, 2.24) is 15.1 Å². The molecule has 0 atom stereocenters. The zero-order chi connectivity index (χ0) is 21.1. The molecule has 1 N–H and O–H groups in total. The van der Waals surface area contributed by atoms with Crippen LogP contribution in [0.1, 0.15) is 21.6 Å². The van der Waals surface area contributed by atoms with Crippen LogP contribution in [-0.2, 0) is 17.8 Å². The second kappa shape index (κ2) is 8.29. The highest BCUT2D eigenvalue weighted by Gasteiger charge is 2.17. The molecule has 10 heteroatoms. The standard InChI is InChI=1S/C20H17FN4O5/c21-15-8-13(19-14(9-15)11-29-12-30-19)4-6-22-20(26)18-5-7-24(23-18)16-2-1-3-17(10-16)25(27)28/h1-3,5,7-10H,4,6,11-12H2,(H,22,26). The molecule has 0 aliphatic carbocycles. The molecule has 1 aromatic heterocycles. The molecule has 1 aliphatic heterocycles. The number of hydrogen-bond acceptors (Lipinski definition) is 6. The van der Waals surface area contributed by atoms with Crippen LogP contribution in [-0.4, -0.2) is 33.9 Å². The number of hydrogen-bond donors (Lipinski definition) is 1. The molecule has 30 heavy (non-hydrogen) atoms. The summed E-state index contributed by atoms with van der Waals surface area (Å²) in [7, 11) is 0. The lowest BCUT2D eigenvalue weighted by Gasteiger charge is -2.20. The third kappa shape index (κ3) is 4.13. The normalized spacial score (nSPS) is 12.7. The minimum absolute atomic E-state index is 0.0694. The Bertz CT molecular complexity index is 1110. The van der Waals surface area contributed by atoms with Crippen LogP contribution < -0.4 is 10.1 Å². The summed E-state index contributed by atoms with van der Waals surface area (Å²) in [6.07, 6.45) is 1.92. The summed E-state index contributed by atoms with van der Waals surface area (Å²) in [5.41, 5.74) is 1.84. The second-order valence-electron chi connectivity index (χ2n) is 6.59. The fourth-order valence-corrected chi connectivity index (χ4v) is 3.18. The average Bonchev–Trinajstić information content (AvgIpc) is 3.24. The topological polar surface area (TPSA) is 109 Å². The Morgan fingerprint density at radius 1 is 1.30 bits per heavy atom. The molecule has 0 saturated heterocycles. The first-order valence-corrected chi connectivity index (χ1v) is 9.12. The van der Waals surface area contributed by atoms with E-state index in [2.05, 4.69) is 10.4 Å². The third-order valence-electron chi connectivity index (χ3n) is 4.56. The summed E-state index contributed by atoms with van der Waals surface area (Å²) in [6.45, 7) is 0.636. The number of carbonyl (C=O) groups excluding carboxylic acids is 1. The SMILES string of the molecule is O=C(NCCc1cc(F)cc2c1OCOC2)c1ccn(-c2cccc([N+](=O)[O-])c2)n1. The Labute approximate surface area is 170 Å². The van der Waals surface area contributed by atoms with E-state index in [9.17, 15) is 19.3 Å². The van der Waals surface area contributed by atoms with Crippen molar-refractivity contribution in [3.8, 4) is 11.4 Å². The second-order valence-corrected chi connectivity index (χ2v) is 6.59. The van der Waals surface area contributed by atoms with Crippen molar-refractivity contribution in [2.45, 2.75) is 13.0 Å². The Morgan fingerprint density at radius 2 is 2.17 bits per heavy atom. The van der Waals surface area contributed by atoms with E-state index in [1.165, 1.54) is 35.0 Å². The van der Waals surface area contributed by atoms with Gasteiger partial charge < -0.3 is 14.8 Å². The molecule has 0 fully saturated rings. The highest BCUT2D eigenvalue weighted by atomic mass is 19.1. The van der Waals surface area contributed by atoms with E-state index >= 15 is 0 Å². The summed E-state index contributed by atoms with van der Waals surface area (Å²) in [5.74, 6) is -0.208. The molecular weight excluding hydrogens is 395 g/mol. The van der Waals surface area contributed by atoms with Gasteiger partial charge >= 0.3 is 0 Å². The molecule has 0 saturated carbocycles. The summed E-state index contributed by atoms with van der Waals surface area (Å²) < 4.78 is 25.8. The number of nitro groups is 1. The number of rotatable bonds is 6. The fourth-order valence-electron chi connectivity index (χ4n) is 3.18. The van der Waals surface area contributed by atoms with Gasteiger partial charge in [0.15, 0.2) is 12.5 Å². The van der Waals surface area contributed by atoms with E-state index in [-0.39, 0.29) is 37.1 Å². The Balaban J connectivity index is 1.41. The Hall–Kier alpha value is -3.79. The van der Waals surface area contributed by atoms with Crippen molar-refractivity contribution in [3.05, 3.63) is 81.4 Å². The van der Waals surface area contributed by atoms with Crippen molar-refractivity contribution in [2.24, 2.45) is 0 Å². The van der Waals surface area contributed by atoms with Gasteiger partial charge in [0, 0.05) is 30.4 Å². The molecule has 2 aromatic carbocycles. The van der Waals surface area contributed by atoms with Gasteiger partial charge in [0.25, 0.3) is 11.6 Å². The lowest BCUT2D eigenvalue weighted by Crippen LogP contribution is -2.26. The van der Waals surface area contributed by atoms with Crippen LogP contribution >= 0.6 is 0 Å². The highest BCUT2D eigenvalue weighted by molar-refractivity contribution is 5.92. The molecule has 2 heterocycles. The first-order chi connectivity index (χ1) is 14.5. The zero-order valence-electron chi connectivity index (χ0n) is 15.7. The smallest absolute Gasteiger partial charge is 0.271 e. The summed E-state index contributed by atoms with van der Waals surface area (Å²) in [5, 5.41) is 17.8. The predicted octanol–water partition coefficient (Wildman–Crippen LogP) is 2.76. The van der Waals surface area contributed by atoms with Crippen molar-refractivity contribution in [3.63, 3.8) is 0 Å². The van der Waals surface area contributed by atoms with Crippen LogP contribution in [0, 0.1) is 15.9 Å². The maximum Gasteiger partial charge on any atom is 0.271 e.